The third kappa shape index (κ3) is 8.75. The molecule has 9 rings (SSSR count). The summed E-state index contributed by atoms with van der Waals surface area (Å²) >= 11 is 0. The molecule has 0 spiro atoms. The number of methoxy groups -OCH3 is 3. The zero-order valence-corrected chi connectivity index (χ0v) is 33.7. The summed E-state index contributed by atoms with van der Waals surface area (Å²) in [4.78, 5) is 32.0. The van der Waals surface area contributed by atoms with Crippen LogP contribution in [0.5, 0.6) is 28.7 Å². The van der Waals surface area contributed by atoms with Crippen molar-refractivity contribution in [2.45, 2.75) is 13.8 Å². The number of ether oxygens (including phenoxy) is 5. The maximum absolute atomic E-state index is 11.4. The lowest BCUT2D eigenvalue weighted by Gasteiger charge is -2.15. The minimum atomic E-state index is -0.128. The van der Waals surface area contributed by atoms with Crippen LogP contribution < -0.4 is 45.0 Å². The number of nitrogens with zero attached hydrogens (tertiary/aromatic N) is 6. The first-order valence-electron chi connectivity index (χ1n) is 18.9. The monoisotopic (exact) mass is 820 g/mol. The van der Waals surface area contributed by atoms with E-state index in [1.807, 2.05) is 91.3 Å². The maximum Gasteiger partial charge on any atom is 0.231 e. The van der Waals surface area contributed by atoms with E-state index in [1.165, 1.54) is 13.8 Å². The fourth-order valence-electron chi connectivity index (χ4n) is 6.61. The number of hydrogen-bond donors (Lipinski definition) is 4. The number of amides is 2. The molecule has 1 aliphatic rings. The highest BCUT2D eigenvalue weighted by Gasteiger charge is 2.18. The standard InChI is InChI=1S/C23H23N5O4.C21H17N5O3/c1-14(29)25-16-7-5-6-15(10-16)18-13-24-28-9-8-21(27-23(18)28)26-17-11-19(30-2)22(32-4)20(12-17)31-3;1-13(27)23-15-3-5-16(6-4-15)24-20-8-9-26-21(25-20)17(11-22-26)14-2-7-18-19(10-14)29-12-28-18/h5-13H,1-4H3,(H,25,29)(H,26,27);2-11H,12H2,1H3,(H,23,27)(H,24,25). The Morgan fingerprint density at radius 3 is 1.74 bits per heavy atom. The fraction of sp³-hybridized carbons (Fsp3) is 0.136. The number of anilines is 6. The third-order valence-corrected chi connectivity index (χ3v) is 9.33. The smallest absolute Gasteiger partial charge is 0.231 e. The zero-order valence-electron chi connectivity index (χ0n) is 33.7. The van der Waals surface area contributed by atoms with E-state index in [2.05, 4.69) is 31.5 Å². The van der Waals surface area contributed by atoms with Crippen LogP contribution in [0.4, 0.5) is 34.4 Å². The van der Waals surface area contributed by atoms with Gasteiger partial charge in [0.25, 0.3) is 0 Å². The van der Waals surface area contributed by atoms with Gasteiger partial charge < -0.3 is 45.0 Å². The zero-order chi connectivity index (χ0) is 42.5. The van der Waals surface area contributed by atoms with Crippen LogP contribution in [-0.4, -0.2) is 69.1 Å². The van der Waals surface area contributed by atoms with Crippen molar-refractivity contribution < 1.29 is 33.3 Å². The predicted octanol–water partition coefficient (Wildman–Crippen LogP) is 7.95. The molecule has 4 aromatic heterocycles. The summed E-state index contributed by atoms with van der Waals surface area (Å²) in [6.07, 6.45) is 7.21. The number of carbonyl (C=O) groups excluding carboxylic acids is 2. The fourth-order valence-corrected chi connectivity index (χ4v) is 6.61. The average Bonchev–Trinajstić information content (AvgIpc) is 4.02. The molecule has 0 radical (unpaired) electrons. The van der Waals surface area contributed by atoms with E-state index in [0.717, 1.165) is 56.5 Å². The van der Waals surface area contributed by atoms with Gasteiger partial charge in [-0.25, -0.2) is 19.0 Å². The Kier molecular flexibility index (Phi) is 11.2. The molecule has 17 heteroatoms. The first-order valence-corrected chi connectivity index (χ1v) is 18.9. The molecule has 0 unspecified atom stereocenters. The van der Waals surface area contributed by atoms with Crippen molar-refractivity contribution in [1.29, 1.82) is 0 Å². The van der Waals surface area contributed by atoms with Crippen LogP contribution in [-0.2, 0) is 9.59 Å². The summed E-state index contributed by atoms with van der Waals surface area (Å²) < 4.78 is 30.5. The van der Waals surface area contributed by atoms with Crippen molar-refractivity contribution in [3.05, 3.63) is 116 Å². The highest BCUT2D eigenvalue weighted by molar-refractivity contribution is 5.91. The lowest BCUT2D eigenvalue weighted by molar-refractivity contribution is -0.115. The third-order valence-electron chi connectivity index (χ3n) is 9.33. The second-order valence-electron chi connectivity index (χ2n) is 13.5. The number of rotatable bonds is 11. The van der Waals surface area contributed by atoms with Gasteiger partial charge >= 0.3 is 0 Å². The number of benzene rings is 4. The van der Waals surface area contributed by atoms with Crippen molar-refractivity contribution in [3.63, 3.8) is 0 Å². The van der Waals surface area contributed by atoms with Gasteiger partial charge in [-0.3, -0.25) is 9.59 Å². The maximum atomic E-state index is 11.4. The summed E-state index contributed by atoms with van der Waals surface area (Å²) in [6, 6.07) is 28.0. The first kappa shape index (κ1) is 39.5. The van der Waals surface area contributed by atoms with Gasteiger partial charge in [-0.2, -0.15) is 10.2 Å². The first-order chi connectivity index (χ1) is 29.7. The van der Waals surface area contributed by atoms with Gasteiger partial charge in [0.2, 0.25) is 24.4 Å². The van der Waals surface area contributed by atoms with Crippen LogP contribution >= 0.6 is 0 Å². The Labute approximate surface area is 349 Å². The van der Waals surface area contributed by atoms with Gasteiger partial charge in [0.05, 0.1) is 33.7 Å². The van der Waals surface area contributed by atoms with Crippen LogP contribution in [0.25, 0.3) is 33.5 Å². The molecule has 4 N–H and O–H groups in total. The van der Waals surface area contributed by atoms with E-state index >= 15 is 0 Å². The average molecular weight is 821 g/mol. The Hall–Kier alpha value is -8.34. The van der Waals surface area contributed by atoms with Crippen molar-refractivity contribution in [1.82, 2.24) is 29.2 Å². The van der Waals surface area contributed by atoms with Gasteiger partial charge in [0.1, 0.15) is 11.6 Å². The molecular formula is C44H40N10O7. The second kappa shape index (κ2) is 17.3. The number of fused-ring (bicyclic) bond motifs is 3. The van der Waals surface area contributed by atoms with Crippen LogP contribution in [0.3, 0.4) is 0 Å². The summed E-state index contributed by atoms with van der Waals surface area (Å²) in [7, 11) is 4.70. The van der Waals surface area contributed by atoms with Gasteiger partial charge in [-0.05, 0) is 71.8 Å². The molecule has 8 aromatic rings. The number of carbonyl (C=O) groups is 2. The highest BCUT2D eigenvalue weighted by Crippen LogP contribution is 2.41. The van der Waals surface area contributed by atoms with Crippen LogP contribution in [0.2, 0.25) is 0 Å². The molecule has 0 aliphatic carbocycles. The summed E-state index contributed by atoms with van der Waals surface area (Å²) in [5, 5.41) is 20.9. The lowest BCUT2D eigenvalue weighted by atomic mass is 10.1. The number of aromatic nitrogens is 6. The molecule has 308 valence electrons. The molecule has 1 aliphatic heterocycles. The van der Waals surface area contributed by atoms with Crippen molar-refractivity contribution in [2.24, 2.45) is 0 Å². The molecule has 17 nitrogen and oxygen atoms in total. The van der Waals surface area contributed by atoms with Crippen LogP contribution in [0.15, 0.2) is 116 Å². The minimum Gasteiger partial charge on any atom is -0.493 e. The highest BCUT2D eigenvalue weighted by atomic mass is 16.7. The van der Waals surface area contributed by atoms with Crippen molar-refractivity contribution in [3.8, 4) is 51.0 Å². The van der Waals surface area contributed by atoms with E-state index in [9.17, 15) is 9.59 Å². The molecule has 5 heterocycles. The summed E-state index contributed by atoms with van der Waals surface area (Å²) in [6.45, 7) is 3.19. The van der Waals surface area contributed by atoms with E-state index in [0.29, 0.717) is 40.2 Å². The van der Waals surface area contributed by atoms with Crippen molar-refractivity contribution >= 4 is 57.5 Å². The van der Waals surface area contributed by atoms with Crippen LogP contribution in [0.1, 0.15) is 13.8 Å². The minimum absolute atomic E-state index is 0.102. The molecule has 0 atom stereocenters. The molecule has 2 amide bonds. The lowest BCUT2D eigenvalue weighted by Crippen LogP contribution is -2.05. The SMILES string of the molecule is CC(=O)Nc1ccc(Nc2ccn3ncc(-c4ccc5c(c4)OCO5)c3n2)cc1.COc1cc(Nc2ccn3ncc(-c4cccc(NC(C)=O)c4)c3n2)cc(OC)c1OC. The summed E-state index contributed by atoms with van der Waals surface area (Å²) in [5.41, 5.74) is 8.01. The summed E-state index contributed by atoms with van der Waals surface area (Å²) in [5.74, 6) is 4.12. The molecule has 0 saturated heterocycles. The number of nitrogens with one attached hydrogen (secondary N) is 4. The van der Waals surface area contributed by atoms with Gasteiger partial charge in [0.15, 0.2) is 34.3 Å². The van der Waals surface area contributed by atoms with Gasteiger partial charge in [-0.15, -0.1) is 0 Å². The normalized spacial score (nSPS) is 11.4. The van der Waals surface area contributed by atoms with Gasteiger partial charge in [0, 0.05) is 72.3 Å². The van der Waals surface area contributed by atoms with E-state index in [4.69, 9.17) is 33.7 Å². The molecular weight excluding hydrogens is 781 g/mol. The molecule has 0 fully saturated rings. The van der Waals surface area contributed by atoms with Crippen LogP contribution in [0, 0.1) is 0 Å². The van der Waals surface area contributed by atoms with Crippen molar-refractivity contribution in [2.75, 3.05) is 49.4 Å². The molecule has 0 bridgehead atoms. The Morgan fingerprint density at radius 1 is 0.590 bits per heavy atom. The largest absolute Gasteiger partial charge is 0.493 e. The van der Waals surface area contributed by atoms with Gasteiger partial charge in [-0.1, -0.05) is 18.2 Å². The number of hydrogen-bond acceptors (Lipinski definition) is 13. The Bertz CT molecular complexity index is 2870. The van der Waals surface area contributed by atoms with E-state index < -0.39 is 0 Å². The predicted molar refractivity (Wildman–Crippen MR) is 231 cm³/mol. The second-order valence-corrected chi connectivity index (χ2v) is 13.5. The molecule has 61 heavy (non-hydrogen) atoms. The Morgan fingerprint density at radius 2 is 1.15 bits per heavy atom. The topological polar surface area (TPSA) is 189 Å². The van der Waals surface area contributed by atoms with E-state index in [1.54, 1.807) is 54.9 Å². The Balaban J connectivity index is 0.000000169. The quantitative estimate of drug-likeness (QED) is 0.0985. The molecule has 4 aromatic carbocycles. The van der Waals surface area contributed by atoms with E-state index in [-0.39, 0.29) is 18.6 Å². The molecule has 0 saturated carbocycles.